The predicted octanol–water partition coefficient (Wildman–Crippen LogP) is 3.57. The molecule has 0 aromatic heterocycles. The summed E-state index contributed by atoms with van der Waals surface area (Å²) in [5.74, 6) is 0.156. The number of fused-ring (bicyclic) bond motifs is 1. The Labute approximate surface area is 160 Å². The van der Waals surface area contributed by atoms with E-state index in [1.165, 1.54) is 4.90 Å². The van der Waals surface area contributed by atoms with Crippen LogP contribution >= 0.6 is 0 Å². The average molecular weight is 372 g/mol. The summed E-state index contributed by atoms with van der Waals surface area (Å²) in [6.45, 7) is 9.38. The van der Waals surface area contributed by atoms with Crippen LogP contribution in [0.1, 0.15) is 61.3 Å². The van der Waals surface area contributed by atoms with Crippen LogP contribution in [0.15, 0.2) is 24.3 Å². The van der Waals surface area contributed by atoms with Crippen LogP contribution in [0.4, 0.5) is 4.79 Å². The van der Waals surface area contributed by atoms with Crippen LogP contribution in [0, 0.1) is 11.8 Å². The van der Waals surface area contributed by atoms with Gasteiger partial charge < -0.3 is 9.64 Å². The van der Waals surface area contributed by atoms with E-state index >= 15 is 0 Å². The first kappa shape index (κ1) is 19.4. The molecule has 0 N–H and O–H groups in total. The third kappa shape index (κ3) is 4.15. The summed E-state index contributed by atoms with van der Waals surface area (Å²) in [5, 5.41) is 0. The molecule has 6 heteroatoms. The van der Waals surface area contributed by atoms with E-state index in [-0.39, 0.29) is 23.8 Å². The predicted molar refractivity (Wildman–Crippen MR) is 102 cm³/mol. The molecule has 1 atom stereocenters. The summed E-state index contributed by atoms with van der Waals surface area (Å²) < 4.78 is 5.43. The number of likely N-dealkylation sites (tertiary alicyclic amines) is 1. The van der Waals surface area contributed by atoms with E-state index in [0.717, 1.165) is 12.8 Å². The number of ether oxygens (including phenoxy) is 1. The van der Waals surface area contributed by atoms with E-state index in [1.54, 1.807) is 29.2 Å². The van der Waals surface area contributed by atoms with Crippen molar-refractivity contribution in [2.75, 3.05) is 19.6 Å². The first-order valence-corrected chi connectivity index (χ1v) is 9.60. The maximum atomic E-state index is 12.5. The highest BCUT2D eigenvalue weighted by Crippen LogP contribution is 2.29. The fourth-order valence-electron chi connectivity index (χ4n) is 3.82. The van der Waals surface area contributed by atoms with E-state index in [9.17, 15) is 14.4 Å². The molecule has 27 heavy (non-hydrogen) atoms. The van der Waals surface area contributed by atoms with E-state index in [2.05, 4.69) is 6.92 Å². The number of imide groups is 1. The molecule has 1 saturated heterocycles. The van der Waals surface area contributed by atoms with Gasteiger partial charge in [0.15, 0.2) is 0 Å². The largest absolute Gasteiger partial charge is 0.444 e. The Morgan fingerprint density at radius 3 is 2.11 bits per heavy atom. The summed E-state index contributed by atoms with van der Waals surface area (Å²) in [6.07, 6.45) is 1.43. The Bertz CT molecular complexity index is 710. The average Bonchev–Trinajstić information content (AvgIpc) is 2.86. The van der Waals surface area contributed by atoms with Gasteiger partial charge >= 0.3 is 6.09 Å². The van der Waals surface area contributed by atoms with Crippen molar-refractivity contribution in [2.45, 2.75) is 46.1 Å². The Morgan fingerprint density at radius 1 is 1.11 bits per heavy atom. The molecule has 0 unspecified atom stereocenters. The number of amides is 3. The van der Waals surface area contributed by atoms with Gasteiger partial charge in [0.05, 0.1) is 11.1 Å². The fourth-order valence-corrected chi connectivity index (χ4v) is 3.82. The standard InChI is InChI=1S/C21H28N2O4/c1-14(13-23-18(24)16-7-5-6-8-17(16)19(23)25)15-9-11-22(12-10-15)20(26)27-21(2,3)4/h5-8,14-15H,9-13H2,1-4H3/t14-/m0/s1. The second kappa shape index (κ2) is 7.33. The maximum absolute atomic E-state index is 12.5. The quantitative estimate of drug-likeness (QED) is 0.761. The first-order valence-electron chi connectivity index (χ1n) is 9.60. The lowest BCUT2D eigenvalue weighted by Gasteiger charge is -2.36. The Hall–Kier alpha value is -2.37. The van der Waals surface area contributed by atoms with Crippen molar-refractivity contribution < 1.29 is 19.1 Å². The molecule has 3 rings (SSSR count). The first-order chi connectivity index (χ1) is 12.7. The number of rotatable bonds is 3. The lowest BCUT2D eigenvalue weighted by molar-refractivity contribution is 0.0157. The SMILES string of the molecule is C[C@@H](CN1C(=O)c2ccccc2C1=O)C1CCN(C(=O)OC(C)(C)C)CC1. The van der Waals surface area contributed by atoms with Crippen LogP contribution in [0.3, 0.4) is 0 Å². The number of hydrogen-bond donors (Lipinski definition) is 0. The molecule has 0 radical (unpaired) electrons. The van der Waals surface area contributed by atoms with Crippen molar-refractivity contribution in [3.8, 4) is 0 Å². The Balaban J connectivity index is 1.55. The van der Waals surface area contributed by atoms with E-state index in [4.69, 9.17) is 4.74 Å². The van der Waals surface area contributed by atoms with Gasteiger partial charge in [0, 0.05) is 19.6 Å². The summed E-state index contributed by atoms with van der Waals surface area (Å²) in [6, 6.07) is 6.98. The zero-order chi connectivity index (χ0) is 19.8. The summed E-state index contributed by atoms with van der Waals surface area (Å²) >= 11 is 0. The zero-order valence-electron chi connectivity index (χ0n) is 16.5. The maximum Gasteiger partial charge on any atom is 0.410 e. The second-order valence-corrected chi connectivity index (χ2v) is 8.55. The number of carbonyl (C=O) groups is 3. The third-order valence-electron chi connectivity index (χ3n) is 5.34. The number of nitrogens with zero attached hydrogens (tertiary/aromatic N) is 2. The second-order valence-electron chi connectivity index (χ2n) is 8.55. The molecule has 0 bridgehead atoms. The third-order valence-corrected chi connectivity index (χ3v) is 5.34. The number of piperidine rings is 1. The Morgan fingerprint density at radius 2 is 1.63 bits per heavy atom. The molecule has 0 spiro atoms. The van der Waals surface area contributed by atoms with Crippen molar-refractivity contribution in [3.05, 3.63) is 35.4 Å². The van der Waals surface area contributed by atoms with Crippen LogP contribution < -0.4 is 0 Å². The number of hydrogen-bond acceptors (Lipinski definition) is 4. The number of carbonyl (C=O) groups excluding carboxylic acids is 3. The highest BCUT2D eigenvalue weighted by molar-refractivity contribution is 6.21. The summed E-state index contributed by atoms with van der Waals surface area (Å²) in [7, 11) is 0. The minimum atomic E-state index is -0.493. The van der Waals surface area contributed by atoms with Gasteiger partial charge in [-0.05, 0) is 57.6 Å². The van der Waals surface area contributed by atoms with E-state index < -0.39 is 5.60 Å². The van der Waals surface area contributed by atoms with Gasteiger partial charge in [-0.2, -0.15) is 0 Å². The van der Waals surface area contributed by atoms with Crippen LogP contribution in [0.25, 0.3) is 0 Å². The monoisotopic (exact) mass is 372 g/mol. The lowest BCUT2D eigenvalue weighted by atomic mass is 9.85. The van der Waals surface area contributed by atoms with Crippen LogP contribution in [-0.4, -0.2) is 52.9 Å². The van der Waals surface area contributed by atoms with Crippen LogP contribution in [0.5, 0.6) is 0 Å². The molecular weight excluding hydrogens is 344 g/mol. The molecule has 1 aromatic rings. The molecule has 1 aromatic carbocycles. The molecule has 2 aliphatic heterocycles. The summed E-state index contributed by atoms with van der Waals surface area (Å²) in [4.78, 5) is 40.4. The molecule has 3 amide bonds. The van der Waals surface area contributed by atoms with Gasteiger partial charge in [-0.15, -0.1) is 0 Å². The minimum Gasteiger partial charge on any atom is -0.444 e. The van der Waals surface area contributed by atoms with Crippen molar-refractivity contribution in [3.63, 3.8) is 0 Å². The van der Waals surface area contributed by atoms with Crippen LogP contribution in [0.2, 0.25) is 0 Å². The smallest absolute Gasteiger partial charge is 0.410 e. The molecule has 6 nitrogen and oxygen atoms in total. The van der Waals surface area contributed by atoms with Gasteiger partial charge in [-0.25, -0.2) is 4.79 Å². The normalized spacial score (nSPS) is 19.3. The molecular formula is C21H28N2O4. The molecule has 1 fully saturated rings. The molecule has 2 aliphatic rings. The van der Waals surface area contributed by atoms with Gasteiger partial charge in [-0.1, -0.05) is 19.1 Å². The van der Waals surface area contributed by atoms with Gasteiger partial charge in [-0.3, -0.25) is 14.5 Å². The van der Waals surface area contributed by atoms with Gasteiger partial charge in [0.1, 0.15) is 5.60 Å². The molecule has 146 valence electrons. The van der Waals surface area contributed by atoms with E-state index in [0.29, 0.717) is 36.7 Å². The summed E-state index contributed by atoms with van der Waals surface area (Å²) in [5.41, 5.74) is 0.496. The fraction of sp³-hybridized carbons (Fsp3) is 0.571. The molecule has 0 aliphatic carbocycles. The van der Waals surface area contributed by atoms with Crippen molar-refractivity contribution in [1.82, 2.24) is 9.80 Å². The highest BCUT2D eigenvalue weighted by Gasteiger charge is 2.37. The lowest BCUT2D eigenvalue weighted by Crippen LogP contribution is -2.44. The van der Waals surface area contributed by atoms with Crippen LogP contribution in [-0.2, 0) is 4.74 Å². The molecule has 2 heterocycles. The zero-order valence-corrected chi connectivity index (χ0v) is 16.5. The molecule has 0 saturated carbocycles. The van der Waals surface area contributed by atoms with Crippen molar-refractivity contribution >= 4 is 17.9 Å². The highest BCUT2D eigenvalue weighted by atomic mass is 16.6. The Kier molecular flexibility index (Phi) is 5.27. The minimum absolute atomic E-state index is 0.188. The number of benzene rings is 1. The van der Waals surface area contributed by atoms with Gasteiger partial charge in [0.25, 0.3) is 11.8 Å². The van der Waals surface area contributed by atoms with Gasteiger partial charge in [0.2, 0.25) is 0 Å². The topological polar surface area (TPSA) is 66.9 Å². The van der Waals surface area contributed by atoms with Crippen molar-refractivity contribution in [2.24, 2.45) is 11.8 Å². The van der Waals surface area contributed by atoms with Crippen molar-refractivity contribution in [1.29, 1.82) is 0 Å². The van der Waals surface area contributed by atoms with E-state index in [1.807, 2.05) is 20.8 Å².